The van der Waals surface area contributed by atoms with Crippen molar-refractivity contribution in [1.82, 2.24) is 5.32 Å². The summed E-state index contributed by atoms with van der Waals surface area (Å²) in [5.41, 5.74) is 1.16. The summed E-state index contributed by atoms with van der Waals surface area (Å²) in [6.45, 7) is 6.27. The number of fused-ring (bicyclic) bond motifs is 1. The molecule has 0 aromatic heterocycles. The quantitative estimate of drug-likeness (QED) is 0.833. The van der Waals surface area contributed by atoms with E-state index in [9.17, 15) is 4.79 Å². The molecular weight excluding hydrogens is 308 g/mol. The van der Waals surface area contributed by atoms with Crippen LogP contribution in [0.3, 0.4) is 0 Å². The molecule has 0 saturated carbocycles. The largest absolute Gasteiger partial charge is 0.468 e. The summed E-state index contributed by atoms with van der Waals surface area (Å²) in [5, 5.41) is 3.47. The first-order valence-corrected chi connectivity index (χ1v) is 8.57. The van der Waals surface area contributed by atoms with Crippen LogP contribution in [0.25, 0.3) is 0 Å². The van der Waals surface area contributed by atoms with Gasteiger partial charge in [-0.2, -0.15) is 0 Å². The molecule has 6 heteroatoms. The number of ether oxygens (including phenoxy) is 3. The van der Waals surface area contributed by atoms with Crippen molar-refractivity contribution in [2.24, 2.45) is 5.92 Å². The van der Waals surface area contributed by atoms with Gasteiger partial charge in [0, 0.05) is 30.9 Å². The van der Waals surface area contributed by atoms with Crippen molar-refractivity contribution in [3.63, 3.8) is 0 Å². The van der Waals surface area contributed by atoms with Crippen molar-refractivity contribution in [3.05, 3.63) is 18.2 Å². The highest BCUT2D eigenvalue weighted by atomic mass is 16.7. The lowest BCUT2D eigenvalue weighted by molar-refractivity contribution is -0.144. The van der Waals surface area contributed by atoms with E-state index in [0.29, 0.717) is 12.8 Å². The highest BCUT2D eigenvalue weighted by Gasteiger charge is 2.28. The minimum atomic E-state index is -0.239. The summed E-state index contributed by atoms with van der Waals surface area (Å²) in [7, 11) is 1.45. The Balaban J connectivity index is 1.56. The SMILES string of the molecule is COC(=O)[C@H](NC1CCN(c2ccc3c(c2)OCO3)CC1)C(C)C. The summed E-state index contributed by atoms with van der Waals surface area (Å²) < 4.78 is 15.7. The topological polar surface area (TPSA) is 60.0 Å². The number of benzene rings is 1. The monoisotopic (exact) mass is 334 g/mol. The molecule has 1 fully saturated rings. The molecule has 2 heterocycles. The second-order valence-corrected chi connectivity index (χ2v) is 6.71. The van der Waals surface area contributed by atoms with Crippen LogP contribution in [-0.4, -0.2) is 45.0 Å². The Labute approximate surface area is 143 Å². The Hall–Kier alpha value is -1.95. The second-order valence-electron chi connectivity index (χ2n) is 6.71. The predicted octanol–water partition coefficient (Wildman–Crippen LogP) is 2.17. The summed E-state index contributed by atoms with van der Waals surface area (Å²) in [5.74, 6) is 1.67. The molecule has 0 unspecified atom stereocenters. The molecule has 1 saturated heterocycles. The second kappa shape index (κ2) is 7.30. The van der Waals surface area contributed by atoms with Crippen molar-refractivity contribution in [2.75, 3.05) is 31.9 Å². The molecular formula is C18H26N2O4. The lowest BCUT2D eigenvalue weighted by Crippen LogP contribution is -2.51. The van der Waals surface area contributed by atoms with Crippen LogP contribution in [0.15, 0.2) is 18.2 Å². The van der Waals surface area contributed by atoms with E-state index in [-0.39, 0.29) is 17.9 Å². The smallest absolute Gasteiger partial charge is 0.323 e. The van der Waals surface area contributed by atoms with Crippen molar-refractivity contribution >= 4 is 11.7 Å². The molecule has 1 aromatic rings. The third-order valence-corrected chi connectivity index (χ3v) is 4.75. The van der Waals surface area contributed by atoms with Gasteiger partial charge >= 0.3 is 5.97 Å². The average Bonchev–Trinajstić information content (AvgIpc) is 3.07. The summed E-state index contributed by atoms with van der Waals surface area (Å²) in [4.78, 5) is 14.3. The molecule has 0 radical (unpaired) electrons. The third kappa shape index (κ3) is 3.59. The van der Waals surface area contributed by atoms with Gasteiger partial charge in [0.1, 0.15) is 6.04 Å². The number of carbonyl (C=O) groups is 1. The van der Waals surface area contributed by atoms with E-state index in [1.165, 1.54) is 7.11 Å². The molecule has 0 amide bonds. The van der Waals surface area contributed by atoms with E-state index >= 15 is 0 Å². The number of anilines is 1. The molecule has 0 spiro atoms. The molecule has 1 aromatic carbocycles. The first kappa shape index (κ1) is 16.9. The number of hydrogen-bond acceptors (Lipinski definition) is 6. The zero-order valence-corrected chi connectivity index (χ0v) is 14.6. The van der Waals surface area contributed by atoms with E-state index in [0.717, 1.165) is 43.1 Å². The first-order chi connectivity index (χ1) is 11.6. The van der Waals surface area contributed by atoms with Gasteiger partial charge in [0.25, 0.3) is 0 Å². The lowest BCUT2D eigenvalue weighted by Gasteiger charge is -2.36. The minimum Gasteiger partial charge on any atom is -0.468 e. The van der Waals surface area contributed by atoms with Crippen LogP contribution in [0.1, 0.15) is 26.7 Å². The van der Waals surface area contributed by atoms with E-state index in [2.05, 4.69) is 16.3 Å². The molecule has 0 bridgehead atoms. The van der Waals surface area contributed by atoms with Gasteiger partial charge in [-0.05, 0) is 30.9 Å². The molecule has 6 nitrogen and oxygen atoms in total. The maximum Gasteiger partial charge on any atom is 0.323 e. The van der Waals surface area contributed by atoms with Crippen molar-refractivity contribution in [3.8, 4) is 11.5 Å². The Kier molecular flexibility index (Phi) is 5.14. The fourth-order valence-electron chi connectivity index (χ4n) is 3.30. The Morgan fingerprint density at radius 1 is 1.25 bits per heavy atom. The average molecular weight is 334 g/mol. The first-order valence-electron chi connectivity index (χ1n) is 8.57. The normalized spacial score (nSPS) is 18.8. The molecule has 1 N–H and O–H groups in total. The number of carbonyl (C=O) groups excluding carboxylic acids is 1. The fourth-order valence-corrected chi connectivity index (χ4v) is 3.30. The maximum atomic E-state index is 11.9. The Morgan fingerprint density at radius 2 is 1.96 bits per heavy atom. The van der Waals surface area contributed by atoms with Crippen molar-refractivity contribution < 1.29 is 19.0 Å². The van der Waals surface area contributed by atoms with Gasteiger partial charge in [0.2, 0.25) is 6.79 Å². The van der Waals surface area contributed by atoms with Gasteiger partial charge in [-0.1, -0.05) is 13.8 Å². The summed E-state index contributed by atoms with van der Waals surface area (Å²) in [6, 6.07) is 6.18. The Morgan fingerprint density at radius 3 is 2.62 bits per heavy atom. The zero-order valence-electron chi connectivity index (χ0n) is 14.6. The van der Waals surface area contributed by atoms with Crippen molar-refractivity contribution in [1.29, 1.82) is 0 Å². The van der Waals surface area contributed by atoms with E-state index in [1.807, 2.05) is 26.0 Å². The maximum absolute atomic E-state index is 11.9. The van der Waals surface area contributed by atoms with E-state index in [1.54, 1.807) is 0 Å². The van der Waals surface area contributed by atoms with Gasteiger partial charge in [0.15, 0.2) is 11.5 Å². The molecule has 3 rings (SSSR count). The number of esters is 1. The number of nitrogens with one attached hydrogen (secondary N) is 1. The fraction of sp³-hybridized carbons (Fsp3) is 0.611. The van der Waals surface area contributed by atoms with Crippen LogP contribution in [-0.2, 0) is 9.53 Å². The highest BCUT2D eigenvalue weighted by Crippen LogP contribution is 2.36. The van der Waals surface area contributed by atoms with E-state index < -0.39 is 0 Å². The molecule has 132 valence electrons. The number of rotatable bonds is 5. The molecule has 24 heavy (non-hydrogen) atoms. The molecule has 0 aliphatic carbocycles. The standard InChI is InChI=1S/C18H26N2O4/c1-12(2)17(18(21)22-3)19-13-6-8-20(9-7-13)14-4-5-15-16(10-14)24-11-23-15/h4-5,10,12-13,17,19H,6-9,11H2,1-3H3/t17-/m1/s1. The summed E-state index contributed by atoms with van der Waals surface area (Å²) >= 11 is 0. The predicted molar refractivity (Wildman–Crippen MR) is 91.6 cm³/mol. The van der Waals surface area contributed by atoms with Gasteiger partial charge in [-0.3, -0.25) is 4.79 Å². The number of piperidine rings is 1. The summed E-state index contributed by atoms with van der Waals surface area (Å²) in [6.07, 6.45) is 1.99. The number of hydrogen-bond donors (Lipinski definition) is 1. The van der Waals surface area contributed by atoms with Crippen LogP contribution in [0.5, 0.6) is 11.5 Å². The van der Waals surface area contributed by atoms with Crippen LogP contribution in [0, 0.1) is 5.92 Å². The molecule has 2 aliphatic rings. The third-order valence-electron chi connectivity index (χ3n) is 4.75. The van der Waals surface area contributed by atoms with Crippen LogP contribution in [0.2, 0.25) is 0 Å². The number of methoxy groups -OCH3 is 1. The zero-order chi connectivity index (χ0) is 17.1. The van der Waals surface area contributed by atoms with Crippen molar-refractivity contribution in [2.45, 2.75) is 38.8 Å². The van der Waals surface area contributed by atoms with Crippen LogP contribution in [0.4, 0.5) is 5.69 Å². The Bertz CT molecular complexity index is 582. The van der Waals surface area contributed by atoms with E-state index in [4.69, 9.17) is 14.2 Å². The van der Waals surface area contributed by atoms with Gasteiger partial charge in [0.05, 0.1) is 7.11 Å². The van der Waals surface area contributed by atoms with Gasteiger partial charge < -0.3 is 24.4 Å². The van der Waals surface area contributed by atoms with Gasteiger partial charge in [-0.25, -0.2) is 0 Å². The molecule has 1 atom stereocenters. The van der Waals surface area contributed by atoms with Gasteiger partial charge in [-0.15, -0.1) is 0 Å². The minimum absolute atomic E-state index is 0.178. The number of nitrogens with zero attached hydrogens (tertiary/aromatic N) is 1. The molecule has 2 aliphatic heterocycles. The van der Waals surface area contributed by atoms with Crippen LogP contribution < -0.4 is 19.7 Å². The van der Waals surface area contributed by atoms with Crippen LogP contribution >= 0.6 is 0 Å². The highest BCUT2D eigenvalue weighted by molar-refractivity contribution is 5.76. The lowest BCUT2D eigenvalue weighted by atomic mass is 9.99.